The van der Waals surface area contributed by atoms with Crippen molar-refractivity contribution in [1.82, 2.24) is 0 Å². The molecule has 5 heteroatoms. The van der Waals surface area contributed by atoms with Gasteiger partial charge in [0.25, 0.3) is 0 Å². The molecule has 0 radical (unpaired) electrons. The van der Waals surface area contributed by atoms with Crippen molar-refractivity contribution in [1.29, 1.82) is 0 Å². The largest absolute Gasteiger partial charge is 0.299 e. The van der Waals surface area contributed by atoms with Crippen molar-refractivity contribution in [3.63, 3.8) is 0 Å². The minimum atomic E-state index is 0.0822. The molecule has 0 aliphatic heterocycles. The summed E-state index contributed by atoms with van der Waals surface area (Å²) in [5, 5.41) is 1.95. The summed E-state index contributed by atoms with van der Waals surface area (Å²) in [6, 6.07) is 10.8. The number of Topliss-reactive ketones (excluding diaryl/α,β-unsaturated/α-hetero) is 1. The van der Waals surface area contributed by atoms with Crippen LogP contribution in [0.5, 0.6) is 0 Å². The second-order valence-corrected chi connectivity index (χ2v) is 6.61. The lowest BCUT2D eigenvalue weighted by atomic mass is 10.1. The first-order valence-corrected chi connectivity index (χ1v) is 8.73. The molecule has 0 fully saturated rings. The lowest BCUT2D eigenvalue weighted by molar-refractivity contribution is -0.117. The molecule has 0 amide bonds. The minimum Gasteiger partial charge on any atom is -0.299 e. The van der Waals surface area contributed by atoms with Crippen molar-refractivity contribution in [3.05, 3.63) is 79.8 Å². The number of benzene rings is 2. The van der Waals surface area contributed by atoms with Crippen LogP contribution in [0.2, 0.25) is 20.1 Å². The van der Waals surface area contributed by atoms with Crippen molar-refractivity contribution in [3.8, 4) is 0 Å². The zero-order valence-electron chi connectivity index (χ0n) is 12.6. The Morgan fingerprint density at radius 2 is 1.17 bits per heavy atom. The Morgan fingerprint density at radius 1 is 0.750 bits per heavy atom. The maximum atomic E-state index is 11.9. The number of carbonyl (C=O) groups is 1. The summed E-state index contributed by atoms with van der Waals surface area (Å²) in [6.45, 7) is 0. The van der Waals surface area contributed by atoms with Crippen LogP contribution in [0.25, 0.3) is 12.2 Å². The van der Waals surface area contributed by atoms with Crippen molar-refractivity contribution < 1.29 is 4.79 Å². The normalized spacial score (nSPS) is 11.5. The van der Waals surface area contributed by atoms with Crippen LogP contribution in [0, 0.1) is 0 Å². The second kappa shape index (κ2) is 9.29. The summed E-state index contributed by atoms with van der Waals surface area (Å²) in [5.41, 5.74) is 1.58. The third-order valence-electron chi connectivity index (χ3n) is 3.25. The number of hydrogen-bond donors (Lipinski definition) is 0. The van der Waals surface area contributed by atoms with E-state index in [0.717, 1.165) is 11.1 Å². The van der Waals surface area contributed by atoms with Gasteiger partial charge in [-0.25, -0.2) is 0 Å². The van der Waals surface area contributed by atoms with Crippen LogP contribution in [0.1, 0.15) is 24.0 Å². The molecule has 0 spiro atoms. The Balaban J connectivity index is 1.89. The van der Waals surface area contributed by atoms with E-state index in [0.29, 0.717) is 32.9 Å². The molecule has 0 aliphatic rings. The molecular formula is C19H14Cl4O. The van der Waals surface area contributed by atoms with E-state index in [1.807, 2.05) is 24.3 Å². The molecule has 0 N–H and O–H groups in total. The van der Waals surface area contributed by atoms with E-state index in [9.17, 15) is 4.79 Å². The van der Waals surface area contributed by atoms with Gasteiger partial charge in [0.2, 0.25) is 0 Å². The molecule has 0 saturated carbocycles. The number of ketones is 1. The molecule has 0 aromatic heterocycles. The number of carbonyl (C=O) groups excluding carboxylic acids is 1. The summed E-state index contributed by atoms with van der Waals surface area (Å²) < 4.78 is 0. The molecule has 0 unspecified atom stereocenters. The Bertz CT molecular complexity index is 728. The number of rotatable bonds is 6. The maximum Gasteiger partial charge on any atom is 0.140 e. The van der Waals surface area contributed by atoms with Crippen LogP contribution in [0.15, 0.2) is 48.6 Å². The van der Waals surface area contributed by atoms with Crippen molar-refractivity contribution in [2.24, 2.45) is 0 Å². The van der Waals surface area contributed by atoms with Crippen LogP contribution >= 0.6 is 46.4 Å². The first-order valence-electron chi connectivity index (χ1n) is 7.22. The Labute approximate surface area is 161 Å². The molecule has 0 heterocycles. The van der Waals surface area contributed by atoms with Crippen LogP contribution < -0.4 is 0 Å². The first kappa shape index (κ1) is 19.1. The quantitative estimate of drug-likeness (QED) is 0.495. The van der Waals surface area contributed by atoms with Gasteiger partial charge in [0.05, 0.1) is 20.1 Å². The molecule has 0 bridgehead atoms. The molecule has 24 heavy (non-hydrogen) atoms. The van der Waals surface area contributed by atoms with Gasteiger partial charge in [0.1, 0.15) is 5.78 Å². The van der Waals surface area contributed by atoms with Gasteiger partial charge in [-0.15, -0.1) is 0 Å². The van der Waals surface area contributed by atoms with Gasteiger partial charge in [-0.05, 0) is 23.3 Å². The summed E-state index contributed by atoms with van der Waals surface area (Å²) in [5.74, 6) is 0.0822. The predicted octanol–water partition coefficient (Wildman–Crippen LogP) is 7.38. The van der Waals surface area contributed by atoms with Crippen LogP contribution in [-0.2, 0) is 4.79 Å². The molecule has 0 saturated heterocycles. The van der Waals surface area contributed by atoms with Gasteiger partial charge in [-0.2, -0.15) is 0 Å². The third-order valence-corrected chi connectivity index (χ3v) is 4.92. The molecule has 2 rings (SSSR count). The lowest BCUT2D eigenvalue weighted by Gasteiger charge is -2.00. The average molecular weight is 400 g/mol. The first-order chi connectivity index (χ1) is 11.5. The maximum absolute atomic E-state index is 11.9. The highest BCUT2D eigenvalue weighted by Gasteiger charge is 2.03. The lowest BCUT2D eigenvalue weighted by Crippen LogP contribution is -1.92. The number of hydrogen-bond acceptors (Lipinski definition) is 1. The van der Waals surface area contributed by atoms with Gasteiger partial charge >= 0.3 is 0 Å². The molecule has 0 aliphatic carbocycles. The Morgan fingerprint density at radius 3 is 1.58 bits per heavy atom. The predicted molar refractivity (Wildman–Crippen MR) is 105 cm³/mol. The zero-order chi connectivity index (χ0) is 17.5. The van der Waals surface area contributed by atoms with Crippen LogP contribution in [0.4, 0.5) is 0 Å². The fourth-order valence-electron chi connectivity index (χ4n) is 2.02. The van der Waals surface area contributed by atoms with E-state index in [4.69, 9.17) is 46.4 Å². The molecule has 124 valence electrons. The highest BCUT2D eigenvalue weighted by Crippen LogP contribution is 2.27. The van der Waals surface area contributed by atoms with Crippen molar-refractivity contribution in [2.45, 2.75) is 12.8 Å². The van der Waals surface area contributed by atoms with Crippen LogP contribution in [-0.4, -0.2) is 5.78 Å². The average Bonchev–Trinajstić information content (AvgIpc) is 2.55. The summed E-state index contributed by atoms with van der Waals surface area (Å²) in [6.07, 6.45) is 7.78. The second-order valence-electron chi connectivity index (χ2n) is 5.04. The molecule has 0 atom stereocenters. The van der Waals surface area contributed by atoms with Gasteiger partial charge in [0.15, 0.2) is 0 Å². The van der Waals surface area contributed by atoms with E-state index in [-0.39, 0.29) is 5.78 Å². The molecule has 1 nitrogen and oxygen atoms in total. The highest BCUT2D eigenvalue weighted by atomic mass is 35.5. The molecule has 2 aromatic carbocycles. The monoisotopic (exact) mass is 398 g/mol. The summed E-state index contributed by atoms with van der Waals surface area (Å²) >= 11 is 24.1. The zero-order valence-corrected chi connectivity index (χ0v) is 15.6. The third kappa shape index (κ3) is 5.39. The fraction of sp³-hybridized carbons (Fsp3) is 0.105. The smallest absolute Gasteiger partial charge is 0.140 e. The SMILES string of the molecule is O=C(CC=Cc1cccc(Cl)c1Cl)CC=Cc1cccc(Cl)c1Cl. The van der Waals surface area contributed by atoms with E-state index in [1.54, 1.807) is 36.4 Å². The molecular weight excluding hydrogens is 386 g/mol. The Kier molecular flexibility index (Phi) is 7.39. The van der Waals surface area contributed by atoms with Crippen molar-refractivity contribution in [2.75, 3.05) is 0 Å². The summed E-state index contributed by atoms with van der Waals surface area (Å²) in [7, 11) is 0. The Hall–Kier alpha value is -1.25. The van der Waals surface area contributed by atoms with E-state index in [2.05, 4.69) is 0 Å². The fourth-order valence-corrected chi connectivity index (χ4v) is 2.76. The topological polar surface area (TPSA) is 17.1 Å². The standard InChI is InChI=1S/C19H14Cl4O/c20-16-11-3-7-13(18(16)22)5-1-9-15(24)10-2-6-14-8-4-12-17(21)19(14)23/h1-8,11-12H,9-10H2. The van der Waals surface area contributed by atoms with Gasteiger partial charge < -0.3 is 0 Å². The summed E-state index contributed by atoms with van der Waals surface area (Å²) in [4.78, 5) is 11.9. The van der Waals surface area contributed by atoms with E-state index < -0.39 is 0 Å². The van der Waals surface area contributed by atoms with Gasteiger partial charge in [0, 0.05) is 12.8 Å². The van der Waals surface area contributed by atoms with Gasteiger partial charge in [-0.1, -0.05) is 95.0 Å². The van der Waals surface area contributed by atoms with Crippen molar-refractivity contribution >= 4 is 64.3 Å². The highest BCUT2D eigenvalue weighted by molar-refractivity contribution is 6.43. The van der Waals surface area contributed by atoms with Crippen LogP contribution in [0.3, 0.4) is 0 Å². The van der Waals surface area contributed by atoms with E-state index in [1.165, 1.54) is 0 Å². The minimum absolute atomic E-state index is 0.0822. The van der Waals surface area contributed by atoms with Gasteiger partial charge in [-0.3, -0.25) is 4.79 Å². The molecule has 2 aromatic rings. The van der Waals surface area contributed by atoms with E-state index >= 15 is 0 Å². The number of allylic oxidation sites excluding steroid dienone is 2. The number of halogens is 4.